The fourth-order valence-corrected chi connectivity index (χ4v) is 10.7. The van der Waals surface area contributed by atoms with E-state index in [1.807, 2.05) is 84.9 Å². The maximum Gasteiger partial charge on any atom is 0.164 e. The van der Waals surface area contributed by atoms with Crippen LogP contribution in [-0.4, -0.2) is 19.5 Å². The summed E-state index contributed by atoms with van der Waals surface area (Å²) >= 11 is 0. The second-order valence-corrected chi connectivity index (χ2v) is 17.5. The van der Waals surface area contributed by atoms with Crippen molar-refractivity contribution in [1.82, 2.24) is 19.5 Å². The minimum Gasteiger partial charge on any atom is -0.456 e. The number of hydrogen-bond acceptors (Lipinski definition) is 5. The largest absolute Gasteiger partial charge is 0.456 e. The van der Waals surface area contributed by atoms with E-state index >= 15 is 0 Å². The standard InChI is InChI=1S/C61H34N4O2/c1-3-12-35(13-4-1)59-62-60(36-14-5-2-6-15-36)64-61(63-59)39-24-28-55-47(32-39)48-33-40(25-29-56(48)67-55)65-51-26-22-37(38-23-27-54-46(30-38)43-18-9-10-21-53(43)66-54)31-50(51)58-45-20-11-19-44-41-16-7-8-17-42(41)49(57(44)45)34-52(58)65/h1-34H. The van der Waals surface area contributed by atoms with E-state index < -0.39 is 0 Å². The molecule has 0 aliphatic heterocycles. The lowest BCUT2D eigenvalue weighted by Gasteiger charge is -2.10. The lowest BCUT2D eigenvalue weighted by molar-refractivity contribution is 0.668. The number of aromatic nitrogens is 4. The second-order valence-electron chi connectivity index (χ2n) is 17.5. The lowest BCUT2D eigenvalue weighted by Crippen LogP contribution is -2.00. The molecule has 310 valence electrons. The van der Waals surface area contributed by atoms with Gasteiger partial charge in [-0.3, -0.25) is 0 Å². The predicted molar refractivity (Wildman–Crippen MR) is 272 cm³/mol. The predicted octanol–water partition coefficient (Wildman–Crippen LogP) is 16.2. The molecule has 6 heteroatoms. The fraction of sp³-hybridized carbons (Fsp3) is 0. The van der Waals surface area contributed by atoms with E-state index in [1.54, 1.807) is 0 Å². The number of furan rings is 2. The van der Waals surface area contributed by atoms with Crippen molar-refractivity contribution in [2.24, 2.45) is 0 Å². The topological polar surface area (TPSA) is 69.9 Å². The molecule has 0 bridgehead atoms. The van der Waals surface area contributed by atoms with E-state index in [1.165, 1.54) is 43.8 Å². The Kier molecular flexibility index (Phi) is 7.40. The Labute approximate surface area is 382 Å². The van der Waals surface area contributed by atoms with Crippen LogP contribution in [0.2, 0.25) is 0 Å². The molecule has 0 fully saturated rings. The number of rotatable bonds is 5. The van der Waals surface area contributed by atoms with Crippen molar-refractivity contribution in [2.75, 3.05) is 0 Å². The van der Waals surface area contributed by atoms with Crippen molar-refractivity contribution in [1.29, 1.82) is 0 Å². The van der Waals surface area contributed by atoms with Crippen molar-refractivity contribution in [3.63, 3.8) is 0 Å². The third-order valence-electron chi connectivity index (χ3n) is 13.8. The molecule has 67 heavy (non-hydrogen) atoms. The van der Waals surface area contributed by atoms with Gasteiger partial charge in [-0.2, -0.15) is 0 Å². The summed E-state index contributed by atoms with van der Waals surface area (Å²) in [6.45, 7) is 0. The van der Waals surface area contributed by atoms with Crippen LogP contribution in [0.25, 0.3) is 150 Å². The minimum atomic E-state index is 0.600. The zero-order valence-corrected chi connectivity index (χ0v) is 35.7. The van der Waals surface area contributed by atoms with Gasteiger partial charge in [-0.05, 0) is 117 Å². The van der Waals surface area contributed by atoms with Crippen LogP contribution in [-0.2, 0) is 0 Å². The number of nitrogens with zero attached hydrogens (tertiary/aromatic N) is 4. The average Bonchev–Trinajstić information content (AvgIpc) is 4.14. The Hall–Kier alpha value is -9.13. The molecule has 10 aromatic carbocycles. The zero-order chi connectivity index (χ0) is 43.7. The fourth-order valence-electron chi connectivity index (χ4n) is 10.7. The van der Waals surface area contributed by atoms with Gasteiger partial charge in [0.25, 0.3) is 0 Å². The molecule has 0 N–H and O–H groups in total. The van der Waals surface area contributed by atoms with Gasteiger partial charge in [0.05, 0.1) is 11.0 Å². The van der Waals surface area contributed by atoms with Gasteiger partial charge in [0.15, 0.2) is 17.5 Å². The quantitative estimate of drug-likeness (QED) is 0.172. The van der Waals surface area contributed by atoms with Crippen LogP contribution in [0, 0.1) is 0 Å². The molecule has 1 aliphatic rings. The first-order chi connectivity index (χ1) is 33.2. The van der Waals surface area contributed by atoms with Gasteiger partial charge in [0.2, 0.25) is 0 Å². The number of benzene rings is 10. The normalized spacial score (nSPS) is 12.2. The lowest BCUT2D eigenvalue weighted by atomic mass is 9.96. The van der Waals surface area contributed by atoms with E-state index in [2.05, 4.69) is 126 Å². The molecule has 1 aliphatic carbocycles. The van der Waals surface area contributed by atoms with Crippen molar-refractivity contribution in [3.8, 4) is 73.2 Å². The van der Waals surface area contributed by atoms with Gasteiger partial charge in [0.1, 0.15) is 22.3 Å². The van der Waals surface area contributed by atoms with E-state index in [0.29, 0.717) is 17.5 Å². The van der Waals surface area contributed by atoms with Crippen LogP contribution in [0.1, 0.15) is 0 Å². The maximum absolute atomic E-state index is 6.56. The second kappa shape index (κ2) is 13.7. The van der Waals surface area contributed by atoms with Gasteiger partial charge in [-0.25, -0.2) is 15.0 Å². The summed E-state index contributed by atoms with van der Waals surface area (Å²) in [5.41, 5.74) is 16.9. The van der Waals surface area contributed by atoms with Crippen molar-refractivity contribution < 1.29 is 8.83 Å². The molecule has 0 spiro atoms. The average molecular weight is 855 g/mol. The van der Waals surface area contributed by atoms with E-state index in [0.717, 1.165) is 88.4 Å². The van der Waals surface area contributed by atoms with Crippen LogP contribution in [0.4, 0.5) is 0 Å². The van der Waals surface area contributed by atoms with Gasteiger partial charge in [0, 0.05) is 54.7 Å². The van der Waals surface area contributed by atoms with E-state index in [9.17, 15) is 0 Å². The first kappa shape index (κ1) is 36.2. The smallest absolute Gasteiger partial charge is 0.164 e. The molecule has 0 unspecified atom stereocenters. The first-order valence-corrected chi connectivity index (χ1v) is 22.6. The van der Waals surface area contributed by atoms with Crippen LogP contribution in [0.5, 0.6) is 0 Å². The summed E-state index contributed by atoms with van der Waals surface area (Å²) in [7, 11) is 0. The third kappa shape index (κ3) is 5.35. The molecule has 4 heterocycles. The molecule has 14 aromatic rings. The SMILES string of the molecule is c1ccc(-c2nc(-c3ccccc3)nc(-c3ccc4oc5ccc(-n6c7ccc(-c8ccc9oc%10ccccc%10c9c8)cc7c7c8cccc9c8c(cc76)-c6ccccc6-9)cc5c4c3)n2)cc1. The van der Waals surface area contributed by atoms with Gasteiger partial charge < -0.3 is 13.4 Å². The molecular weight excluding hydrogens is 821 g/mol. The molecule has 0 atom stereocenters. The number of hydrogen-bond donors (Lipinski definition) is 0. The van der Waals surface area contributed by atoms with E-state index in [4.69, 9.17) is 23.8 Å². The van der Waals surface area contributed by atoms with Crippen molar-refractivity contribution in [3.05, 3.63) is 206 Å². The van der Waals surface area contributed by atoms with Crippen molar-refractivity contribution in [2.45, 2.75) is 0 Å². The number of fused-ring (bicyclic) bond motifs is 13. The molecule has 0 saturated carbocycles. The molecule has 15 rings (SSSR count). The molecule has 0 amide bonds. The molecule has 0 saturated heterocycles. The van der Waals surface area contributed by atoms with Gasteiger partial charge >= 0.3 is 0 Å². The Morgan fingerprint density at radius 2 is 0.791 bits per heavy atom. The summed E-state index contributed by atoms with van der Waals surface area (Å²) < 4.78 is 15.2. The van der Waals surface area contributed by atoms with Gasteiger partial charge in [-0.1, -0.05) is 133 Å². The van der Waals surface area contributed by atoms with Crippen LogP contribution < -0.4 is 0 Å². The molecule has 0 radical (unpaired) electrons. The first-order valence-electron chi connectivity index (χ1n) is 22.6. The Morgan fingerprint density at radius 3 is 1.52 bits per heavy atom. The summed E-state index contributed by atoms with van der Waals surface area (Å²) in [5, 5.41) is 9.23. The van der Waals surface area contributed by atoms with Crippen molar-refractivity contribution >= 4 is 76.5 Å². The van der Waals surface area contributed by atoms with Gasteiger partial charge in [-0.15, -0.1) is 0 Å². The molecule has 4 aromatic heterocycles. The Morgan fingerprint density at radius 1 is 0.284 bits per heavy atom. The summed E-state index contributed by atoms with van der Waals surface area (Å²) in [6, 6.07) is 72.8. The monoisotopic (exact) mass is 854 g/mol. The molecule has 6 nitrogen and oxygen atoms in total. The maximum atomic E-state index is 6.56. The Bertz CT molecular complexity index is 4330. The highest BCUT2D eigenvalue weighted by Gasteiger charge is 2.26. The highest BCUT2D eigenvalue weighted by Crippen LogP contribution is 2.51. The summed E-state index contributed by atoms with van der Waals surface area (Å²) in [6.07, 6.45) is 0. The summed E-state index contributed by atoms with van der Waals surface area (Å²) in [5.74, 6) is 1.85. The highest BCUT2D eigenvalue weighted by atomic mass is 16.3. The zero-order valence-electron chi connectivity index (χ0n) is 35.7. The third-order valence-corrected chi connectivity index (χ3v) is 13.8. The minimum absolute atomic E-state index is 0.600. The van der Waals surface area contributed by atoms with Crippen LogP contribution in [0.15, 0.2) is 215 Å². The van der Waals surface area contributed by atoms with E-state index in [-0.39, 0.29) is 0 Å². The molecular formula is C61H34N4O2. The highest BCUT2D eigenvalue weighted by molar-refractivity contribution is 6.29. The van der Waals surface area contributed by atoms with Crippen LogP contribution >= 0.6 is 0 Å². The summed E-state index contributed by atoms with van der Waals surface area (Å²) in [4.78, 5) is 15.0. The van der Waals surface area contributed by atoms with Crippen LogP contribution in [0.3, 0.4) is 0 Å². The Balaban J connectivity index is 0.953. The number of para-hydroxylation sites is 1.